The second-order valence-corrected chi connectivity index (χ2v) is 10.4. The van der Waals surface area contributed by atoms with E-state index < -0.39 is 18.0 Å². The van der Waals surface area contributed by atoms with E-state index in [1.54, 1.807) is 48.5 Å². The highest BCUT2D eigenvalue weighted by Gasteiger charge is 2.31. The van der Waals surface area contributed by atoms with Crippen LogP contribution in [0, 0.1) is 6.92 Å². The Balaban J connectivity index is 1.59. The van der Waals surface area contributed by atoms with Gasteiger partial charge in [-0.15, -0.1) is 0 Å². The van der Waals surface area contributed by atoms with Gasteiger partial charge in [-0.05, 0) is 62.2 Å². The van der Waals surface area contributed by atoms with Crippen LogP contribution in [0.5, 0.6) is 11.5 Å². The second kappa shape index (κ2) is 12.5. The maximum atomic E-state index is 13.9. The molecule has 0 saturated carbocycles. The van der Waals surface area contributed by atoms with Crippen LogP contribution in [-0.4, -0.2) is 43.9 Å². The topological polar surface area (TPSA) is 119 Å². The Hall–Kier alpha value is -4.90. The number of esters is 2. The van der Waals surface area contributed by atoms with E-state index in [4.69, 9.17) is 23.4 Å². The summed E-state index contributed by atoms with van der Waals surface area (Å²) in [6.45, 7) is 6.42. The zero-order valence-electron chi connectivity index (χ0n) is 24.3. The molecule has 43 heavy (non-hydrogen) atoms. The van der Waals surface area contributed by atoms with Crippen LogP contribution in [-0.2, 0) is 14.3 Å². The van der Waals surface area contributed by atoms with Crippen LogP contribution in [0.3, 0.4) is 0 Å². The highest BCUT2D eigenvalue weighted by atomic mass is 32.1. The minimum Gasteiger partial charge on any atom is -0.490 e. The van der Waals surface area contributed by atoms with Crippen molar-refractivity contribution in [1.82, 2.24) is 4.57 Å². The molecule has 0 N–H and O–H groups in total. The number of fused-ring (bicyclic) bond motifs is 1. The summed E-state index contributed by atoms with van der Waals surface area (Å²) in [6.07, 6.45) is 3.07. The molecule has 0 radical (unpaired) electrons. The molecule has 0 saturated heterocycles. The molecule has 0 aliphatic carbocycles. The van der Waals surface area contributed by atoms with Crippen LogP contribution in [0.25, 0.3) is 17.4 Å². The van der Waals surface area contributed by atoms with Crippen molar-refractivity contribution in [3.8, 4) is 22.8 Å². The van der Waals surface area contributed by atoms with Crippen molar-refractivity contribution in [2.45, 2.75) is 26.8 Å². The van der Waals surface area contributed by atoms with E-state index in [9.17, 15) is 14.4 Å². The van der Waals surface area contributed by atoms with E-state index in [1.165, 1.54) is 36.3 Å². The van der Waals surface area contributed by atoms with Gasteiger partial charge in [0, 0.05) is 17.8 Å². The molecular formula is C32H30N2O8S. The van der Waals surface area contributed by atoms with Crippen LogP contribution in [0.4, 0.5) is 0 Å². The average molecular weight is 603 g/mol. The molecule has 0 fully saturated rings. The second-order valence-electron chi connectivity index (χ2n) is 9.42. The van der Waals surface area contributed by atoms with Gasteiger partial charge in [-0.2, -0.15) is 0 Å². The SMILES string of the molecule is CCOc1ccc([C@@H]2C(C(=O)OC)=CN=c3s/c(=C\c4ccc(-c5cccc(C(=O)OC)c5C)o4)c(=O)n32)cc1OCC. The van der Waals surface area contributed by atoms with Crippen molar-refractivity contribution in [2.75, 3.05) is 27.4 Å². The molecule has 2 aromatic carbocycles. The van der Waals surface area contributed by atoms with Crippen LogP contribution in [0.2, 0.25) is 0 Å². The molecule has 0 spiro atoms. The van der Waals surface area contributed by atoms with Crippen molar-refractivity contribution in [2.24, 2.45) is 4.99 Å². The van der Waals surface area contributed by atoms with Gasteiger partial charge in [0.15, 0.2) is 16.3 Å². The van der Waals surface area contributed by atoms with Crippen LogP contribution < -0.4 is 24.4 Å². The number of carbonyl (C=O) groups is 2. The predicted octanol–water partition coefficient (Wildman–Crippen LogP) is 4.17. The summed E-state index contributed by atoms with van der Waals surface area (Å²) in [5.74, 6) is 0.992. The summed E-state index contributed by atoms with van der Waals surface area (Å²) >= 11 is 1.17. The van der Waals surface area contributed by atoms with Gasteiger partial charge in [-0.1, -0.05) is 29.5 Å². The Labute approximate surface area is 251 Å². The van der Waals surface area contributed by atoms with Crippen LogP contribution in [0.1, 0.15) is 47.1 Å². The quantitative estimate of drug-likeness (QED) is 0.262. The molecule has 5 rings (SSSR count). The van der Waals surface area contributed by atoms with Gasteiger partial charge in [-0.25, -0.2) is 14.6 Å². The Morgan fingerprint density at radius 2 is 1.74 bits per heavy atom. The molecule has 0 amide bonds. The maximum Gasteiger partial charge on any atom is 0.338 e. The smallest absolute Gasteiger partial charge is 0.338 e. The van der Waals surface area contributed by atoms with Crippen LogP contribution in [0.15, 0.2) is 74.5 Å². The number of carbonyl (C=O) groups excluding carboxylic acids is 2. The molecule has 222 valence electrons. The first-order chi connectivity index (χ1) is 20.8. The molecule has 0 bridgehead atoms. The maximum absolute atomic E-state index is 13.9. The lowest BCUT2D eigenvalue weighted by molar-refractivity contribution is -0.136. The molecule has 1 atom stereocenters. The third-order valence-corrected chi connectivity index (χ3v) is 7.91. The molecule has 1 aliphatic heterocycles. The van der Waals surface area contributed by atoms with Gasteiger partial charge >= 0.3 is 11.9 Å². The first kappa shape index (κ1) is 29.6. The highest BCUT2D eigenvalue weighted by molar-refractivity contribution is 7.07. The first-order valence-electron chi connectivity index (χ1n) is 13.6. The van der Waals surface area contributed by atoms with Gasteiger partial charge in [0.2, 0.25) is 0 Å². The van der Waals surface area contributed by atoms with E-state index in [1.807, 2.05) is 26.8 Å². The fourth-order valence-corrected chi connectivity index (χ4v) is 5.87. The number of aromatic nitrogens is 1. The molecule has 0 unspecified atom stereocenters. The summed E-state index contributed by atoms with van der Waals surface area (Å²) in [5, 5.41) is 0. The number of rotatable bonds is 9. The lowest BCUT2D eigenvalue weighted by atomic mass is 9.97. The van der Waals surface area contributed by atoms with Gasteiger partial charge in [0.1, 0.15) is 11.5 Å². The number of furan rings is 1. The molecule has 1 aliphatic rings. The normalized spacial score (nSPS) is 14.4. The minimum atomic E-state index is -0.809. The third-order valence-electron chi connectivity index (χ3n) is 6.91. The zero-order valence-corrected chi connectivity index (χ0v) is 25.2. The number of nitrogens with zero attached hydrogens (tertiary/aromatic N) is 2. The summed E-state index contributed by atoms with van der Waals surface area (Å²) in [4.78, 5) is 43.7. The number of hydrogen-bond acceptors (Lipinski definition) is 10. The van der Waals surface area contributed by atoms with Crippen molar-refractivity contribution < 1.29 is 33.0 Å². The van der Waals surface area contributed by atoms with E-state index in [-0.39, 0.29) is 11.1 Å². The highest BCUT2D eigenvalue weighted by Crippen LogP contribution is 2.35. The lowest BCUT2D eigenvalue weighted by Gasteiger charge is -2.23. The molecule has 11 heteroatoms. The molecule has 4 aromatic rings. The third kappa shape index (κ3) is 5.63. The lowest BCUT2D eigenvalue weighted by Crippen LogP contribution is -2.39. The minimum absolute atomic E-state index is 0.203. The summed E-state index contributed by atoms with van der Waals surface area (Å²) in [5.41, 5.74) is 2.37. The van der Waals surface area contributed by atoms with Gasteiger partial charge in [-0.3, -0.25) is 9.36 Å². The van der Waals surface area contributed by atoms with Crippen molar-refractivity contribution >= 4 is 29.4 Å². The predicted molar refractivity (Wildman–Crippen MR) is 160 cm³/mol. The van der Waals surface area contributed by atoms with Crippen molar-refractivity contribution in [3.63, 3.8) is 0 Å². The number of methoxy groups -OCH3 is 2. The Kier molecular flexibility index (Phi) is 8.63. The van der Waals surface area contributed by atoms with E-state index in [0.717, 1.165) is 5.56 Å². The number of ether oxygens (including phenoxy) is 4. The average Bonchev–Trinajstić information content (AvgIpc) is 3.61. The monoisotopic (exact) mass is 602 g/mol. The largest absolute Gasteiger partial charge is 0.490 e. The first-order valence-corrected chi connectivity index (χ1v) is 14.4. The van der Waals surface area contributed by atoms with E-state index in [0.29, 0.717) is 62.3 Å². The zero-order chi connectivity index (χ0) is 30.7. The number of benzene rings is 2. The standard InChI is InChI=1S/C32H30N2O8S/c1-6-40-25-13-11-19(15-26(25)41-7-2)28-23(31(37)39-5)17-33-32-34(28)29(35)27(43-32)16-20-12-14-24(42-20)21-9-8-10-22(18(21)3)30(36)38-4/h8-17,28H,6-7H2,1-5H3/b27-16-/t28-/m1/s1. The van der Waals surface area contributed by atoms with Gasteiger partial charge < -0.3 is 23.4 Å². The molecule has 3 heterocycles. The fraction of sp³-hybridized carbons (Fsp3) is 0.250. The van der Waals surface area contributed by atoms with Gasteiger partial charge in [0.05, 0.1) is 49.1 Å². The summed E-state index contributed by atoms with van der Waals surface area (Å²) in [7, 11) is 2.62. The van der Waals surface area contributed by atoms with Crippen LogP contribution >= 0.6 is 11.3 Å². The summed E-state index contributed by atoms with van der Waals surface area (Å²) in [6, 6.07) is 13.3. The Morgan fingerprint density at radius 1 is 1.00 bits per heavy atom. The van der Waals surface area contributed by atoms with E-state index >= 15 is 0 Å². The van der Waals surface area contributed by atoms with Crippen molar-refractivity contribution in [3.05, 3.63) is 102 Å². The number of thiazole rings is 1. The van der Waals surface area contributed by atoms with Crippen molar-refractivity contribution in [1.29, 1.82) is 0 Å². The van der Waals surface area contributed by atoms with E-state index in [2.05, 4.69) is 4.99 Å². The molecule has 10 nitrogen and oxygen atoms in total. The summed E-state index contributed by atoms with van der Waals surface area (Å²) < 4.78 is 29.3. The molecular weight excluding hydrogens is 572 g/mol. The fourth-order valence-electron chi connectivity index (χ4n) is 4.93. The Morgan fingerprint density at radius 3 is 2.47 bits per heavy atom. The van der Waals surface area contributed by atoms with Gasteiger partial charge in [0.25, 0.3) is 5.56 Å². The number of hydrogen-bond donors (Lipinski definition) is 0. The Bertz CT molecular complexity index is 1910. The molecule has 2 aromatic heterocycles.